The molecular formula is C12H20N2OS. The van der Waals surface area contributed by atoms with Crippen LogP contribution in [0.15, 0.2) is 0 Å². The summed E-state index contributed by atoms with van der Waals surface area (Å²) in [4.78, 5) is 11.9. The highest BCUT2D eigenvalue weighted by Crippen LogP contribution is 2.37. The van der Waals surface area contributed by atoms with Gasteiger partial charge in [-0.1, -0.05) is 19.8 Å². The van der Waals surface area contributed by atoms with Gasteiger partial charge in [-0.3, -0.25) is 4.79 Å². The smallest absolute Gasteiger partial charge is 0.240 e. The molecule has 1 amide bonds. The summed E-state index contributed by atoms with van der Waals surface area (Å²) in [7, 11) is 0. The number of hydrogen-bond donors (Lipinski definition) is 1. The Bertz CT molecular complexity index is 279. The molecule has 1 saturated carbocycles. The number of nitrogens with one attached hydrogen (secondary N) is 1. The monoisotopic (exact) mass is 240 g/mol. The summed E-state index contributed by atoms with van der Waals surface area (Å²) in [6.45, 7) is 2.83. The topological polar surface area (TPSA) is 52.9 Å². The van der Waals surface area contributed by atoms with Crippen LogP contribution in [0.1, 0.15) is 39.0 Å². The number of nitriles is 1. The standard InChI is InChI=1S/C12H20N2OS/c1-10(16-2)5-8-14-11(15)12(9-13)6-3-4-7-12/h10H,3-8H2,1-2H3,(H,14,15). The van der Waals surface area contributed by atoms with E-state index >= 15 is 0 Å². The van der Waals surface area contributed by atoms with E-state index in [1.807, 2.05) is 0 Å². The van der Waals surface area contributed by atoms with E-state index < -0.39 is 5.41 Å². The number of amides is 1. The second-order valence-corrected chi connectivity index (χ2v) is 5.77. The molecular weight excluding hydrogens is 220 g/mol. The SMILES string of the molecule is CSC(C)CCNC(=O)C1(C#N)CCCC1. The second kappa shape index (κ2) is 6.15. The molecule has 0 spiro atoms. The molecule has 1 rings (SSSR count). The van der Waals surface area contributed by atoms with Crippen molar-refractivity contribution >= 4 is 17.7 Å². The summed E-state index contributed by atoms with van der Waals surface area (Å²) in [5, 5.41) is 12.6. The lowest BCUT2D eigenvalue weighted by Crippen LogP contribution is -2.39. The Hall–Kier alpha value is -0.690. The normalized spacial score (nSPS) is 20.1. The summed E-state index contributed by atoms with van der Waals surface area (Å²) >= 11 is 1.80. The Morgan fingerprint density at radius 2 is 2.19 bits per heavy atom. The van der Waals surface area contributed by atoms with Gasteiger partial charge < -0.3 is 5.32 Å². The van der Waals surface area contributed by atoms with Crippen molar-refractivity contribution in [3.63, 3.8) is 0 Å². The van der Waals surface area contributed by atoms with Crippen molar-refractivity contribution in [2.45, 2.75) is 44.3 Å². The maximum atomic E-state index is 11.9. The molecule has 1 fully saturated rings. The van der Waals surface area contributed by atoms with Gasteiger partial charge in [-0.15, -0.1) is 0 Å². The molecule has 0 aliphatic heterocycles. The summed E-state index contributed by atoms with van der Waals surface area (Å²) in [6.07, 6.45) is 6.50. The van der Waals surface area contributed by atoms with Crippen LogP contribution in [-0.2, 0) is 4.79 Å². The van der Waals surface area contributed by atoms with Crippen LogP contribution in [0.2, 0.25) is 0 Å². The van der Waals surface area contributed by atoms with Gasteiger partial charge in [0.2, 0.25) is 5.91 Å². The van der Waals surface area contributed by atoms with Crippen molar-refractivity contribution in [3.05, 3.63) is 0 Å². The van der Waals surface area contributed by atoms with Crippen LogP contribution in [0.4, 0.5) is 0 Å². The third kappa shape index (κ3) is 3.15. The molecule has 4 heteroatoms. The van der Waals surface area contributed by atoms with Crippen LogP contribution in [0.3, 0.4) is 0 Å². The number of thioether (sulfide) groups is 1. The molecule has 0 saturated heterocycles. The molecule has 0 bridgehead atoms. The Morgan fingerprint density at radius 3 is 2.69 bits per heavy atom. The number of carbonyl (C=O) groups excluding carboxylic acids is 1. The first kappa shape index (κ1) is 13.4. The zero-order chi connectivity index (χ0) is 12.0. The van der Waals surface area contributed by atoms with Gasteiger partial charge in [-0.25, -0.2) is 0 Å². The molecule has 0 heterocycles. The fourth-order valence-electron chi connectivity index (χ4n) is 2.04. The van der Waals surface area contributed by atoms with Gasteiger partial charge in [0.15, 0.2) is 0 Å². The van der Waals surface area contributed by atoms with Gasteiger partial charge in [-0.2, -0.15) is 17.0 Å². The highest BCUT2D eigenvalue weighted by Gasteiger charge is 2.41. The van der Waals surface area contributed by atoms with Gasteiger partial charge in [0.05, 0.1) is 6.07 Å². The van der Waals surface area contributed by atoms with Gasteiger partial charge in [0.1, 0.15) is 5.41 Å². The Labute approximate surface area is 102 Å². The first-order valence-corrected chi connectivity index (χ1v) is 7.16. The average Bonchev–Trinajstić information content (AvgIpc) is 2.78. The van der Waals surface area contributed by atoms with E-state index in [-0.39, 0.29) is 5.91 Å². The Balaban J connectivity index is 2.37. The molecule has 0 radical (unpaired) electrons. The minimum Gasteiger partial charge on any atom is -0.355 e. The molecule has 0 aromatic rings. The highest BCUT2D eigenvalue weighted by atomic mass is 32.2. The third-order valence-corrected chi connectivity index (χ3v) is 4.38. The molecule has 1 aliphatic rings. The van der Waals surface area contributed by atoms with Crippen molar-refractivity contribution in [1.82, 2.24) is 5.32 Å². The van der Waals surface area contributed by atoms with Crippen molar-refractivity contribution in [1.29, 1.82) is 5.26 Å². The molecule has 16 heavy (non-hydrogen) atoms. The fraction of sp³-hybridized carbons (Fsp3) is 0.833. The van der Waals surface area contributed by atoms with Gasteiger partial charge in [-0.05, 0) is 25.5 Å². The van der Waals surface area contributed by atoms with E-state index in [1.165, 1.54) is 0 Å². The quantitative estimate of drug-likeness (QED) is 0.802. The molecule has 3 nitrogen and oxygen atoms in total. The third-order valence-electron chi connectivity index (χ3n) is 3.34. The molecule has 1 N–H and O–H groups in total. The first-order valence-electron chi connectivity index (χ1n) is 5.87. The van der Waals surface area contributed by atoms with E-state index in [1.54, 1.807) is 11.8 Å². The molecule has 1 unspecified atom stereocenters. The van der Waals surface area contributed by atoms with Crippen LogP contribution >= 0.6 is 11.8 Å². The Kier molecular flexibility index (Phi) is 5.14. The maximum Gasteiger partial charge on any atom is 0.240 e. The average molecular weight is 240 g/mol. The largest absolute Gasteiger partial charge is 0.355 e. The lowest BCUT2D eigenvalue weighted by molar-refractivity contribution is -0.127. The minimum atomic E-state index is -0.720. The molecule has 0 aromatic carbocycles. The predicted octanol–water partition coefficient (Wildman–Crippen LogP) is 2.33. The van der Waals surface area contributed by atoms with E-state index in [2.05, 4.69) is 24.6 Å². The molecule has 0 aromatic heterocycles. The number of hydrogen-bond acceptors (Lipinski definition) is 3. The zero-order valence-electron chi connectivity index (χ0n) is 10.1. The highest BCUT2D eigenvalue weighted by molar-refractivity contribution is 7.99. The van der Waals surface area contributed by atoms with Crippen molar-refractivity contribution in [3.8, 4) is 6.07 Å². The van der Waals surface area contributed by atoms with Gasteiger partial charge in [0.25, 0.3) is 0 Å². The second-order valence-electron chi connectivity index (χ2n) is 4.49. The van der Waals surface area contributed by atoms with Crippen LogP contribution in [0.5, 0.6) is 0 Å². The van der Waals surface area contributed by atoms with Crippen molar-refractivity contribution in [2.75, 3.05) is 12.8 Å². The number of rotatable bonds is 5. The van der Waals surface area contributed by atoms with Gasteiger partial charge >= 0.3 is 0 Å². The number of carbonyl (C=O) groups is 1. The first-order chi connectivity index (χ1) is 7.64. The van der Waals surface area contributed by atoms with Crippen molar-refractivity contribution in [2.24, 2.45) is 5.41 Å². The van der Waals surface area contributed by atoms with Gasteiger partial charge in [0, 0.05) is 11.8 Å². The van der Waals surface area contributed by atoms with Crippen LogP contribution in [0.25, 0.3) is 0 Å². The van der Waals surface area contributed by atoms with E-state index in [9.17, 15) is 4.79 Å². The molecule has 1 aliphatic carbocycles. The lowest BCUT2D eigenvalue weighted by Gasteiger charge is -2.19. The van der Waals surface area contributed by atoms with Crippen LogP contribution < -0.4 is 5.32 Å². The van der Waals surface area contributed by atoms with Crippen LogP contribution in [0, 0.1) is 16.7 Å². The summed E-state index contributed by atoms with van der Waals surface area (Å²) in [6, 6.07) is 2.21. The maximum absolute atomic E-state index is 11.9. The summed E-state index contributed by atoms with van der Waals surface area (Å²) < 4.78 is 0. The summed E-state index contributed by atoms with van der Waals surface area (Å²) in [5.41, 5.74) is -0.720. The van der Waals surface area contributed by atoms with Crippen LogP contribution in [-0.4, -0.2) is 24.0 Å². The van der Waals surface area contributed by atoms with E-state index in [0.29, 0.717) is 11.8 Å². The summed E-state index contributed by atoms with van der Waals surface area (Å²) in [5.74, 6) is -0.0548. The minimum absolute atomic E-state index is 0.0548. The Morgan fingerprint density at radius 1 is 1.56 bits per heavy atom. The van der Waals surface area contributed by atoms with E-state index in [4.69, 9.17) is 5.26 Å². The number of nitrogens with zero attached hydrogens (tertiary/aromatic N) is 1. The fourth-order valence-corrected chi connectivity index (χ4v) is 2.40. The molecule has 90 valence electrons. The lowest BCUT2D eigenvalue weighted by atomic mass is 9.87. The zero-order valence-corrected chi connectivity index (χ0v) is 10.9. The molecule has 1 atom stereocenters. The van der Waals surface area contributed by atoms with E-state index in [0.717, 1.165) is 32.1 Å². The predicted molar refractivity (Wildman–Crippen MR) is 67.1 cm³/mol. The van der Waals surface area contributed by atoms with Crippen molar-refractivity contribution < 1.29 is 4.79 Å².